The average Bonchev–Trinajstić information content (AvgIpc) is 2.96. The fraction of sp³-hybridized carbons (Fsp3) is 0.846. The van der Waals surface area contributed by atoms with Crippen LogP contribution in [0.4, 0.5) is 4.79 Å². The first-order valence-electron chi connectivity index (χ1n) is 6.78. The summed E-state index contributed by atoms with van der Waals surface area (Å²) in [4.78, 5) is 25.1. The van der Waals surface area contributed by atoms with Gasteiger partial charge in [0.2, 0.25) is 0 Å². The second-order valence-corrected chi connectivity index (χ2v) is 6.57. The third-order valence-corrected chi connectivity index (χ3v) is 5.06. The van der Waals surface area contributed by atoms with E-state index in [0.29, 0.717) is 12.5 Å². The van der Waals surface area contributed by atoms with Crippen molar-refractivity contribution in [2.45, 2.75) is 25.3 Å². The van der Waals surface area contributed by atoms with Gasteiger partial charge in [-0.25, -0.2) is 4.79 Å². The van der Waals surface area contributed by atoms with Gasteiger partial charge in [0.1, 0.15) is 0 Å². The number of hydrogen-bond donors (Lipinski definition) is 2. The van der Waals surface area contributed by atoms with Gasteiger partial charge in [-0.2, -0.15) is 11.8 Å². The molecule has 2 amide bonds. The summed E-state index contributed by atoms with van der Waals surface area (Å²) in [6.45, 7) is 0.686. The van der Waals surface area contributed by atoms with Crippen molar-refractivity contribution in [1.29, 1.82) is 0 Å². The van der Waals surface area contributed by atoms with E-state index in [0.717, 1.165) is 25.0 Å². The largest absolute Gasteiger partial charge is 0.481 e. The Morgan fingerprint density at radius 3 is 2.68 bits per heavy atom. The number of carboxylic acid groups (broad SMARTS) is 1. The summed E-state index contributed by atoms with van der Waals surface area (Å²) < 4.78 is 0. The Balaban J connectivity index is 1.94. The highest BCUT2D eigenvalue weighted by molar-refractivity contribution is 7.98. The maximum Gasteiger partial charge on any atom is 0.317 e. The SMILES string of the molecule is CSCCN(C)C(=O)NC1C2CCC(C2)C1C(=O)O. The van der Waals surface area contributed by atoms with Gasteiger partial charge >= 0.3 is 12.0 Å². The molecule has 0 aliphatic heterocycles. The van der Waals surface area contributed by atoms with Crippen LogP contribution in [0, 0.1) is 17.8 Å². The summed E-state index contributed by atoms with van der Waals surface area (Å²) in [6.07, 6.45) is 5.00. The van der Waals surface area contributed by atoms with Crippen molar-refractivity contribution in [1.82, 2.24) is 10.2 Å². The van der Waals surface area contributed by atoms with Crippen molar-refractivity contribution in [2.24, 2.45) is 17.8 Å². The molecule has 4 unspecified atom stereocenters. The van der Waals surface area contributed by atoms with E-state index in [4.69, 9.17) is 0 Å². The molecule has 2 fully saturated rings. The van der Waals surface area contributed by atoms with Crippen molar-refractivity contribution >= 4 is 23.8 Å². The summed E-state index contributed by atoms with van der Waals surface area (Å²) in [5.41, 5.74) is 0. The number of amides is 2. The molecule has 4 atom stereocenters. The third-order valence-electron chi connectivity index (χ3n) is 4.47. The Bertz CT molecular complexity index is 364. The monoisotopic (exact) mass is 286 g/mol. The zero-order chi connectivity index (χ0) is 14.0. The molecule has 2 N–H and O–H groups in total. The first-order chi connectivity index (χ1) is 9.04. The van der Waals surface area contributed by atoms with E-state index in [9.17, 15) is 14.7 Å². The summed E-state index contributed by atoms with van der Waals surface area (Å²) in [5, 5.41) is 12.3. The molecule has 0 saturated heterocycles. The highest BCUT2D eigenvalue weighted by Gasteiger charge is 2.51. The summed E-state index contributed by atoms with van der Waals surface area (Å²) in [5.74, 6) is 0.345. The fourth-order valence-electron chi connectivity index (χ4n) is 3.44. The molecule has 0 radical (unpaired) electrons. The minimum Gasteiger partial charge on any atom is -0.481 e. The number of hydrogen-bond acceptors (Lipinski definition) is 3. The van der Waals surface area contributed by atoms with Crippen LogP contribution in [0.5, 0.6) is 0 Å². The number of carbonyl (C=O) groups excluding carboxylic acids is 1. The summed E-state index contributed by atoms with van der Waals surface area (Å²) in [7, 11) is 1.76. The molecule has 19 heavy (non-hydrogen) atoms. The van der Waals surface area contributed by atoms with E-state index in [1.54, 1.807) is 23.7 Å². The van der Waals surface area contributed by atoms with Gasteiger partial charge in [0.25, 0.3) is 0 Å². The lowest BCUT2D eigenvalue weighted by Gasteiger charge is -2.30. The topological polar surface area (TPSA) is 69.6 Å². The molecular formula is C13H22N2O3S. The van der Waals surface area contributed by atoms with Gasteiger partial charge in [-0.05, 0) is 37.4 Å². The Morgan fingerprint density at radius 2 is 2.05 bits per heavy atom. The maximum atomic E-state index is 12.1. The number of aliphatic carboxylic acids is 1. The first kappa shape index (κ1) is 14.5. The van der Waals surface area contributed by atoms with Gasteiger partial charge in [-0.3, -0.25) is 4.79 Å². The van der Waals surface area contributed by atoms with Crippen LogP contribution in [0.1, 0.15) is 19.3 Å². The lowest BCUT2D eigenvalue weighted by atomic mass is 9.84. The smallest absolute Gasteiger partial charge is 0.317 e. The number of carboxylic acids is 1. The molecule has 0 aromatic rings. The lowest BCUT2D eigenvalue weighted by Crippen LogP contribution is -2.50. The van der Waals surface area contributed by atoms with Crippen molar-refractivity contribution in [3.05, 3.63) is 0 Å². The molecule has 2 aliphatic rings. The zero-order valence-electron chi connectivity index (χ0n) is 11.5. The highest BCUT2D eigenvalue weighted by atomic mass is 32.2. The lowest BCUT2D eigenvalue weighted by molar-refractivity contribution is -0.144. The Kier molecular flexibility index (Phi) is 4.60. The van der Waals surface area contributed by atoms with Gasteiger partial charge in [0.15, 0.2) is 0 Å². The van der Waals surface area contributed by atoms with Gasteiger partial charge in [-0.15, -0.1) is 0 Å². The van der Waals surface area contributed by atoms with Gasteiger partial charge in [-0.1, -0.05) is 0 Å². The quantitative estimate of drug-likeness (QED) is 0.803. The van der Waals surface area contributed by atoms with Gasteiger partial charge < -0.3 is 15.3 Å². The Hall–Kier alpha value is -0.910. The van der Waals surface area contributed by atoms with E-state index in [-0.39, 0.29) is 18.0 Å². The molecule has 0 aromatic carbocycles. The first-order valence-corrected chi connectivity index (χ1v) is 8.17. The van der Waals surface area contributed by atoms with E-state index in [1.807, 2.05) is 6.26 Å². The van der Waals surface area contributed by atoms with Crippen LogP contribution in [0.2, 0.25) is 0 Å². The molecule has 108 valence electrons. The zero-order valence-corrected chi connectivity index (χ0v) is 12.3. The average molecular weight is 286 g/mol. The van der Waals surface area contributed by atoms with Crippen molar-refractivity contribution in [2.75, 3.05) is 25.6 Å². The predicted octanol–water partition coefficient (Wildman–Crippen LogP) is 1.49. The summed E-state index contributed by atoms with van der Waals surface area (Å²) in [6, 6.07) is -0.321. The Morgan fingerprint density at radius 1 is 1.37 bits per heavy atom. The molecule has 0 spiro atoms. The minimum absolute atomic E-state index is 0.141. The van der Waals surface area contributed by atoms with E-state index in [2.05, 4.69) is 5.32 Å². The normalized spacial score (nSPS) is 32.3. The van der Waals surface area contributed by atoms with E-state index >= 15 is 0 Å². The number of fused-ring (bicyclic) bond motifs is 2. The van der Waals surface area contributed by atoms with E-state index < -0.39 is 11.9 Å². The van der Waals surface area contributed by atoms with Crippen molar-refractivity contribution in [3.63, 3.8) is 0 Å². The molecular weight excluding hydrogens is 264 g/mol. The number of carbonyl (C=O) groups is 2. The summed E-state index contributed by atoms with van der Waals surface area (Å²) >= 11 is 1.69. The van der Waals surface area contributed by atoms with Crippen molar-refractivity contribution in [3.8, 4) is 0 Å². The standard InChI is InChI=1S/C13H22N2O3S/c1-15(5-6-19-2)13(18)14-11-9-4-3-8(7-9)10(11)12(16)17/h8-11H,3-7H2,1-2H3,(H,14,18)(H,16,17). The van der Waals surface area contributed by atoms with Gasteiger partial charge in [0, 0.05) is 25.4 Å². The molecule has 0 aromatic heterocycles. The number of thioether (sulfide) groups is 1. The van der Waals surface area contributed by atoms with Crippen LogP contribution in [0.25, 0.3) is 0 Å². The second kappa shape index (κ2) is 6.03. The van der Waals surface area contributed by atoms with Crippen LogP contribution >= 0.6 is 11.8 Å². The van der Waals surface area contributed by atoms with Crippen LogP contribution in [0.15, 0.2) is 0 Å². The highest BCUT2D eigenvalue weighted by Crippen LogP contribution is 2.48. The second-order valence-electron chi connectivity index (χ2n) is 5.59. The molecule has 2 saturated carbocycles. The van der Waals surface area contributed by atoms with Crippen LogP contribution in [-0.4, -0.2) is 53.6 Å². The molecule has 2 rings (SSSR count). The Labute approximate surface area is 118 Å². The number of rotatable bonds is 5. The van der Waals surface area contributed by atoms with Crippen molar-refractivity contribution < 1.29 is 14.7 Å². The van der Waals surface area contributed by atoms with Crippen LogP contribution < -0.4 is 5.32 Å². The molecule has 6 heteroatoms. The molecule has 0 heterocycles. The molecule has 2 bridgehead atoms. The number of nitrogens with zero attached hydrogens (tertiary/aromatic N) is 1. The van der Waals surface area contributed by atoms with Gasteiger partial charge in [0.05, 0.1) is 5.92 Å². The molecule has 2 aliphatic carbocycles. The maximum absolute atomic E-state index is 12.1. The van der Waals surface area contributed by atoms with Crippen LogP contribution in [0.3, 0.4) is 0 Å². The molecule has 5 nitrogen and oxygen atoms in total. The number of nitrogens with one attached hydrogen (secondary N) is 1. The van der Waals surface area contributed by atoms with Crippen LogP contribution in [-0.2, 0) is 4.79 Å². The number of urea groups is 1. The fourth-order valence-corrected chi connectivity index (χ4v) is 3.89. The third kappa shape index (κ3) is 2.99. The van der Waals surface area contributed by atoms with E-state index in [1.165, 1.54) is 0 Å². The minimum atomic E-state index is -0.760. The predicted molar refractivity (Wildman–Crippen MR) is 75.3 cm³/mol.